The predicted molar refractivity (Wildman–Crippen MR) is 122 cm³/mol. The number of carbonyl (C=O) groups excluding carboxylic acids is 1. The van der Waals surface area contributed by atoms with Gasteiger partial charge in [0.15, 0.2) is 0 Å². The zero-order chi connectivity index (χ0) is 27.4. The molecule has 0 heterocycles. The van der Waals surface area contributed by atoms with Gasteiger partial charge in [-0.15, -0.1) is 0 Å². The minimum Gasteiger partial charge on any atom is -0.497 e. The van der Waals surface area contributed by atoms with Gasteiger partial charge in [0.05, 0.1) is 12.7 Å². The lowest BCUT2D eigenvalue weighted by molar-refractivity contribution is -0.526. The van der Waals surface area contributed by atoms with Crippen LogP contribution in [0.25, 0.3) is 0 Å². The number of nitrogens with zero attached hydrogens (tertiary/aromatic N) is 2. The standard InChI is InChI=1S/C25H20F6N2O4/c1-37-20-13-11-19(12-14-20)32(23(34)25(29,30)31)22(17-5-3-2-4-6-17)21(33(35)36)15-16-7-9-18(10-8-16)24(26,27)28/h2-14,21-22H,15H2,1H3/t21-,22+/m1/s1. The van der Waals surface area contributed by atoms with Crippen LogP contribution in [0.1, 0.15) is 22.7 Å². The van der Waals surface area contributed by atoms with E-state index in [1.807, 2.05) is 0 Å². The Morgan fingerprint density at radius 1 is 0.919 bits per heavy atom. The molecule has 12 heteroatoms. The Morgan fingerprint density at radius 2 is 1.49 bits per heavy atom. The SMILES string of the molecule is COc1ccc(N(C(=O)C(F)(F)F)[C@@H](c2ccccc2)[C@@H](Cc2ccc(C(F)(F)F)cc2)[N+](=O)[O-])cc1. The minimum atomic E-state index is -5.39. The van der Waals surface area contributed by atoms with Crippen molar-refractivity contribution in [2.24, 2.45) is 0 Å². The van der Waals surface area contributed by atoms with Crippen LogP contribution in [0.5, 0.6) is 5.75 Å². The Kier molecular flexibility index (Phi) is 8.09. The lowest BCUT2D eigenvalue weighted by Gasteiger charge is -2.34. The average molecular weight is 526 g/mol. The molecular formula is C25H20F6N2O4. The monoisotopic (exact) mass is 526 g/mol. The highest BCUT2D eigenvalue weighted by Gasteiger charge is 2.50. The molecule has 1 amide bonds. The van der Waals surface area contributed by atoms with Crippen molar-refractivity contribution in [2.75, 3.05) is 12.0 Å². The fraction of sp³-hybridized carbons (Fsp3) is 0.240. The van der Waals surface area contributed by atoms with Crippen LogP contribution >= 0.6 is 0 Å². The van der Waals surface area contributed by atoms with Gasteiger partial charge in [-0.3, -0.25) is 19.8 Å². The number of anilines is 1. The van der Waals surface area contributed by atoms with Crippen molar-refractivity contribution in [3.05, 3.63) is 106 Å². The number of halogens is 6. The van der Waals surface area contributed by atoms with Crippen molar-refractivity contribution in [3.63, 3.8) is 0 Å². The van der Waals surface area contributed by atoms with Gasteiger partial charge in [0.1, 0.15) is 11.8 Å². The molecule has 3 aromatic rings. The highest BCUT2D eigenvalue weighted by atomic mass is 19.4. The molecule has 6 nitrogen and oxygen atoms in total. The maximum atomic E-state index is 13.8. The van der Waals surface area contributed by atoms with Crippen LogP contribution in [0.3, 0.4) is 0 Å². The number of rotatable bonds is 8. The smallest absolute Gasteiger partial charge is 0.471 e. The number of hydrogen-bond acceptors (Lipinski definition) is 4. The third-order valence-corrected chi connectivity index (χ3v) is 5.59. The molecule has 0 aromatic heterocycles. The van der Waals surface area contributed by atoms with E-state index in [0.717, 1.165) is 36.4 Å². The summed E-state index contributed by atoms with van der Waals surface area (Å²) >= 11 is 0. The number of carbonyl (C=O) groups is 1. The number of methoxy groups -OCH3 is 1. The van der Waals surface area contributed by atoms with Crippen LogP contribution in [0.15, 0.2) is 78.9 Å². The summed E-state index contributed by atoms with van der Waals surface area (Å²) in [5.41, 5.74) is -1.16. The first-order valence-corrected chi connectivity index (χ1v) is 10.7. The fourth-order valence-corrected chi connectivity index (χ4v) is 3.85. The lowest BCUT2D eigenvalue weighted by Crippen LogP contribution is -2.49. The summed E-state index contributed by atoms with van der Waals surface area (Å²) in [6, 6.07) is 11.9. The van der Waals surface area contributed by atoms with Gasteiger partial charge in [0.25, 0.3) is 0 Å². The number of amides is 1. The molecule has 0 bridgehead atoms. The second-order valence-electron chi connectivity index (χ2n) is 7.98. The molecule has 0 aliphatic heterocycles. The van der Waals surface area contributed by atoms with Crippen molar-refractivity contribution in [3.8, 4) is 5.75 Å². The van der Waals surface area contributed by atoms with Gasteiger partial charge in [-0.05, 0) is 47.5 Å². The van der Waals surface area contributed by atoms with E-state index in [4.69, 9.17) is 4.74 Å². The molecule has 3 rings (SSSR count). The van der Waals surface area contributed by atoms with Crippen LogP contribution in [-0.4, -0.2) is 30.2 Å². The second-order valence-corrected chi connectivity index (χ2v) is 7.98. The zero-order valence-electron chi connectivity index (χ0n) is 19.2. The first-order valence-electron chi connectivity index (χ1n) is 10.7. The topological polar surface area (TPSA) is 72.7 Å². The molecule has 0 fully saturated rings. The number of alkyl halides is 6. The Labute approximate surface area is 207 Å². The van der Waals surface area contributed by atoms with Gasteiger partial charge in [-0.25, -0.2) is 0 Å². The van der Waals surface area contributed by atoms with E-state index in [1.54, 1.807) is 6.07 Å². The summed E-state index contributed by atoms with van der Waals surface area (Å²) in [5.74, 6) is -2.07. The quantitative estimate of drug-likeness (QED) is 0.198. The number of nitro groups is 1. The molecule has 0 saturated heterocycles. The first kappa shape index (κ1) is 27.5. The summed E-state index contributed by atoms with van der Waals surface area (Å²) < 4.78 is 85.1. The van der Waals surface area contributed by atoms with Gasteiger partial charge in [0, 0.05) is 17.0 Å². The molecule has 2 atom stereocenters. The summed E-state index contributed by atoms with van der Waals surface area (Å²) in [7, 11) is 1.33. The average Bonchev–Trinajstić information content (AvgIpc) is 2.85. The van der Waals surface area contributed by atoms with Crippen molar-refractivity contribution in [1.29, 1.82) is 0 Å². The molecule has 0 radical (unpaired) electrons. The van der Waals surface area contributed by atoms with Gasteiger partial charge < -0.3 is 4.74 Å². The summed E-state index contributed by atoms with van der Waals surface area (Å²) in [4.78, 5) is 24.4. The van der Waals surface area contributed by atoms with Crippen LogP contribution in [0.4, 0.5) is 32.0 Å². The first-order chi connectivity index (χ1) is 17.3. The highest BCUT2D eigenvalue weighted by molar-refractivity contribution is 5.98. The Bertz CT molecular complexity index is 1210. The van der Waals surface area contributed by atoms with Crippen LogP contribution in [0.2, 0.25) is 0 Å². The van der Waals surface area contributed by atoms with Crippen molar-refractivity contribution in [1.82, 2.24) is 0 Å². The molecule has 0 spiro atoms. The molecule has 0 aliphatic rings. The van der Waals surface area contributed by atoms with E-state index in [1.165, 1.54) is 43.5 Å². The Hall–Kier alpha value is -4.09. The molecule has 0 unspecified atom stereocenters. The molecular weight excluding hydrogens is 506 g/mol. The van der Waals surface area contributed by atoms with Gasteiger partial charge in [-0.2, -0.15) is 26.3 Å². The van der Waals surface area contributed by atoms with E-state index >= 15 is 0 Å². The Balaban J connectivity index is 2.16. The lowest BCUT2D eigenvalue weighted by atomic mass is 9.91. The fourth-order valence-electron chi connectivity index (χ4n) is 3.85. The highest BCUT2D eigenvalue weighted by Crippen LogP contribution is 2.37. The van der Waals surface area contributed by atoms with Gasteiger partial charge >= 0.3 is 18.3 Å². The van der Waals surface area contributed by atoms with E-state index in [-0.39, 0.29) is 22.6 Å². The predicted octanol–water partition coefficient (Wildman–Crippen LogP) is 6.24. The largest absolute Gasteiger partial charge is 0.497 e. The van der Waals surface area contributed by atoms with Crippen molar-refractivity contribution >= 4 is 11.6 Å². The molecule has 3 aromatic carbocycles. The summed E-state index contributed by atoms with van der Waals surface area (Å²) in [6.45, 7) is 0. The van der Waals surface area contributed by atoms with Crippen LogP contribution < -0.4 is 9.64 Å². The second kappa shape index (κ2) is 10.9. The van der Waals surface area contributed by atoms with Gasteiger partial charge in [0.2, 0.25) is 6.04 Å². The molecule has 196 valence electrons. The molecule has 0 saturated carbocycles. The van der Waals surface area contributed by atoms with Crippen LogP contribution in [-0.2, 0) is 17.4 Å². The minimum absolute atomic E-state index is 0.0320. The molecule has 0 N–H and O–H groups in total. The maximum Gasteiger partial charge on any atom is 0.471 e. The van der Waals surface area contributed by atoms with Crippen molar-refractivity contribution in [2.45, 2.75) is 30.9 Å². The summed E-state index contributed by atoms with van der Waals surface area (Å²) in [5, 5.41) is 12.2. The normalized spacial score (nSPS) is 13.5. The van der Waals surface area contributed by atoms with E-state index in [0.29, 0.717) is 4.90 Å². The van der Waals surface area contributed by atoms with E-state index in [2.05, 4.69) is 0 Å². The van der Waals surface area contributed by atoms with Gasteiger partial charge in [-0.1, -0.05) is 42.5 Å². The Morgan fingerprint density at radius 3 is 1.95 bits per heavy atom. The zero-order valence-corrected chi connectivity index (χ0v) is 19.2. The van der Waals surface area contributed by atoms with E-state index in [9.17, 15) is 41.3 Å². The number of benzene rings is 3. The summed E-state index contributed by atoms with van der Waals surface area (Å²) in [6.07, 6.45) is -10.6. The third kappa shape index (κ3) is 6.57. The number of hydrogen-bond donors (Lipinski definition) is 0. The van der Waals surface area contributed by atoms with E-state index < -0.39 is 47.3 Å². The van der Waals surface area contributed by atoms with Crippen molar-refractivity contribution < 1.29 is 40.8 Å². The number of ether oxygens (including phenoxy) is 1. The molecule has 37 heavy (non-hydrogen) atoms. The van der Waals surface area contributed by atoms with Crippen LogP contribution in [0, 0.1) is 10.1 Å². The molecule has 0 aliphatic carbocycles. The third-order valence-electron chi connectivity index (χ3n) is 5.59. The maximum absolute atomic E-state index is 13.8.